The fraction of sp³-hybridized carbons (Fsp3) is 0.314. The first kappa shape index (κ1) is 27.9. The lowest BCUT2D eigenvalue weighted by Gasteiger charge is -2.33. The SMILES string of the molecule is CC.CC1=C(/C=C/C(C)=C/C[P+](c2ccccc2)(c2ccccc2)c2ccccc2)C(C)(C)CCC1. The number of hydrogen-bond acceptors (Lipinski definition) is 0. The van der Waals surface area contributed by atoms with Crippen LogP contribution in [0.1, 0.15) is 60.8 Å². The molecule has 36 heavy (non-hydrogen) atoms. The molecule has 4 rings (SSSR count). The predicted molar refractivity (Wildman–Crippen MR) is 165 cm³/mol. The van der Waals surface area contributed by atoms with Gasteiger partial charge in [-0.1, -0.05) is 106 Å². The summed E-state index contributed by atoms with van der Waals surface area (Å²) in [6.07, 6.45) is 12.1. The van der Waals surface area contributed by atoms with Crippen molar-refractivity contribution in [2.24, 2.45) is 5.41 Å². The molecule has 0 saturated carbocycles. The van der Waals surface area contributed by atoms with E-state index in [1.165, 1.54) is 46.3 Å². The summed E-state index contributed by atoms with van der Waals surface area (Å²) in [6, 6.07) is 33.4. The lowest BCUT2D eigenvalue weighted by molar-refractivity contribution is 0.377. The Labute approximate surface area is 221 Å². The molecule has 1 aliphatic carbocycles. The van der Waals surface area contributed by atoms with Crippen LogP contribution in [0.15, 0.2) is 126 Å². The second kappa shape index (κ2) is 13.0. The highest BCUT2D eigenvalue weighted by atomic mass is 31.2. The molecule has 0 aromatic heterocycles. The maximum Gasteiger partial charge on any atom is 0.115 e. The normalized spacial score (nSPS) is 16.0. The molecule has 3 aromatic rings. The third kappa shape index (κ3) is 6.35. The molecular formula is C35H44P+. The Hall–Kier alpha value is -2.69. The van der Waals surface area contributed by atoms with Crippen LogP contribution >= 0.6 is 7.26 Å². The molecule has 0 N–H and O–H groups in total. The lowest BCUT2D eigenvalue weighted by Crippen LogP contribution is -2.33. The summed E-state index contributed by atoms with van der Waals surface area (Å²) >= 11 is 0. The van der Waals surface area contributed by atoms with E-state index in [2.05, 4.69) is 137 Å². The molecule has 0 aliphatic heterocycles. The van der Waals surface area contributed by atoms with E-state index < -0.39 is 7.26 Å². The number of allylic oxidation sites excluding steroid dienone is 6. The quantitative estimate of drug-likeness (QED) is 0.226. The van der Waals surface area contributed by atoms with Crippen molar-refractivity contribution in [3.63, 3.8) is 0 Å². The molecule has 3 aromatic carbocycles. The van der Waals surface area contributed by atoms with Crippen LogP contribution in [0.5, 0.6) is 0 Å². The van der Waals surface area contributed by atoms with Crippen LogP contribution in [-0.4, -0.2) is 6.16 Å². The number of benzene rings is 3. The summed E-state index contributed by atoms with van der Waals surface area (Å²) in [6.45, 7) is 13.4. The summed E-state index contributed by atoms with van der Waals surface area (Å²) in [7, 11) is -1.82. The van der Waals surface area contributed by atoms with Gasteiger partial charge < -0.3 is 0 Å². The minimum Gasteiger partial charge on any atom is -0.0696 e. The zero-order valence-electron chi connectivity index (χ0n) is 23.2. The average Bonchev–Trinajstić information content (AvgIpc) is 2.91. The molecule has 1 heteroatoms. The van der Waals surface area contributed by atoms with Gasteiger partial charge in [-0.15, -0.1) is 0 Å². The van der Waals surface area contributed by atoms with Crippen molar-refractivity contribution in [1.82, 2.24) is 0 Å². The van der Waals surface area contributed by atoms with E-state index in [0.29, 0.717) is 0 Å². The Bertz CT molecular complexity index is 1070. The minimum atomic E-state index is -1.82. The van der Waals surface area contributed by atoms with Crippen molar-refractivity contribution >= 4 is 23.2 Å². The van der Waals surface area contributed by atoms with E-state index in [0.717, 1.165) is 6.16 Å². The maximum absolute atomic E-state index is 2.48. The second-order valence-electron chi connectivity index (χ2n) is 10.2. The Morgan fingerprint density at radius 1 is 0.778 bits per heavy atom. The highest BCUT2D eigenvalue weighted by Crippen LogP contribution is 2.55. The van der Waals surface area contributed by atoms with Crippen molar-refractivity contribution in [3.8, 4) is 0 Å². The van der Waals surface area contributed by atoms with Gasteiger partial charge in [0.1, 0.15) is 23.2 Å². The Morgan fingerprint density at radius 3 is 1.64 bits per heavy atom. The largest absolute Gasteiger partial charge is 0.115 e. The standard InChI is InChI=1S/C33H38P.C2H6/c1-27(22-23-32-28(2)15-14-25-33(32,3)4)24-26-34(29-16-8-5-9-17-29,30-18-10-6-11-19-30)31-20-12-7-13-21-31;1-2/h5-13,16-24H,14-15,25-26H2,1-4H3;1-2H3/q+1;/b23-22+,27-24+;. The molecule has 0 radical (unpaired) electrons. The summed E-state index contributed by atoms with van der Waals surface area (Å²) in [5.41, 5.74) is 4.70. The van der Waals surface area contributed by atoms with Crippen LogP contribution in [0.25, 0.3) is 0 Å². The van der Waals surface area contributed by atoms with Gasteiger partial charge in [-0.3, -0.25) is 0 Å². The highest BCUT2D eigenvalue weighted by Gasteiger charge is 2.44. The third-order valence-corrected chi connectivity index (χ3v) is 11.6. The summed E-state index contributed by atoms with van der Waals surface area (Å²) in [4.78, 5) is 0. The molecular weight excluding hydrogens is 451 g/mol. The smallest absolute Gasteiger partial charge is 0.0696 e. The molecule has 0 atom stereocenters. The van der Waals surface area contributed by atoms with E-state index in [4.69, 9.17) is 0 Å². The molecule has 0 bridgehead atoms. The predicted octanol–water partition coefficient (Wildman–Crippen LogP) is 9.04. The van der Waals surface area contributed by atoms with E-state index in [-0.39, 0.29) is 5.41 Å². The van der Waals surface area contributed by atoms with E-state index in [9.17, 15) is 0 Å². The van der Waals surface area contributed by atoms with Crippen molar-refractivity contribution in [1.29, 1.82) is 0 Å². The Balaban J connectivity index is 0.00000176. The van der Waals surface area contributed by atoms with Crippen LogP contribution in [0, 0.1) is 5.41 Å². The van der Waals surface area contributed by atoms with Crippen LogP contribution in [0.2, 0.25) is 0 Å². The zero-order valence-corrected chi connectivity index (χ0v) is 24.1. The number of hydrogen-bond donors (Lipinski definition) is 0. The Kier molecular flexibility index (Phi) is 10.1. The highest BCUT2D eigenvalue weighted by molar-refractivity contribution is 7.95. The number of rotatable bonds is 7. The van der Waals surface area contributed by atoms with Gasteiger partial charge in [-0.05, 0) is 86.6 Å². The molecule has 0 unspecified atom stereocenters. The van der Waals surface area contributed by atoms with Gasteiger partial charge in [-0.25, -0.2) is 0 Å². The van der Waals surface area contributed by atoms with Gasteiger partial charge in [0, 0.05) is 0 Å². The van der Waals surface area contributed by atoms with Gasteiger partial charge in [0.05, 0.1) is 6.16 Å². The molecule has 0 nitrogen and oxygen atoms in total. The molecule has 0 heterocycles. The monoisotopic (exact) mass is 495 g/mol. The third-order valence-electron chi connectivity index (χ3n) is 7.33. The Morgan fingerprint density at radius 2 is 1.22 bits per heavy atom. The lowest BCUT2D eigenvalue weighted by atomic mass is 9.72. The average molecular weight is 496 g/mol. The van der Waals surface area contributed by atoms with Crippen molar-refractivity contribution in [3.05, 3.63) is 126 Å². The fourth-order valence-corrected chi connectivity index (χ4v) is 9.52. The van der Waals surface area contributed by atoms with Crippen LogP contribution in [0.3, 0.4) is 0 Å². The van der Waals surface area contributed by atoms with Crippen molar-refractivity contribution in [2.45, 2.75) is 60.8 Å². The molecule has 0 spiro atoms. The first-order chi connectivity index (χ1) is 17.4. The summed E-state index contributed by atoms with van der Waals surface area (Å²) < 4.78 is 0. The van der Waals surface area contributed by atoms with Gasteiger partial charge >= 0.3 is 0 Å². The van der Waals surface area contributed by atoms with Gasteiger partial charge in [0.2, 0.25) is 0 Å². The molecule has 0 amide bonds. The van der Waals surface area contributed by atoms with Crippen LogP contribution in [-0.2, 0) is 0 Å². The molecule has 1 aliphatic rings. The molecule has 0 fully saturated rings. The first-order valence-corrected chi connectivity index (χ1v) is 15.5. The summed E-state index contributed by atoms with van der Waals surface area (Å²) in [5.74, 6) is 0. The molecule has 188 valence electrons. The zero-order chi connectivity index (χ0) is 26.0. The summed E-state index contributed by atoms with van der Waals surface area (Å²) in [5, 5.41) is 4.31. The topological polar surface area (TPSA) is 0 Å². The molecule has 0 saturated heterocycles. The van der Waals surface area contributed by atoms with Crippen LogP contribution < -0.4 is 15.9 Å². The van der Waals surface area contributed by atoms with Crippen LogP contribution in [0.4, 0.5) is 0 Å². The maximum atomic E-state index is 2.48. The van der Waals surface area contributed by atoms with E-state index in [1.807, 2.05) is 13.8 Å². The van der Waals surface area contributed by atoms with E-state index >= 15 is 0 Å². The fourth-order valence-electron chi connectivity index (χ4n) is 5.38. The van der Waals surface area contributed by atoms with E-state index in [1.54, 1.807) is 5.57 Å². The minimum absolute atomic E-state index is 0.272. The van der Waals surface area contributed by atoms with Crippen molar-refractivity contribution < 1.29 is 0 Å². The van der Waals surface area contributed by atoms with Gasteiger partial charge in [0.15, 0.2) is 0 Å². The van der Waals surface area contributed by atoms with Crippen molar-refractivity contribution in [2.75, 3.05) is 6.16 Å². The second-order valence-corrected chi connectivity index (χ2v) is 13.7. The first-order valence-electron chi connectivity index (χ1n) is 13.5. The van der Waals surface area contributed by atoms with Gasteiger partial charge in [0.25, 0.3) is 0 Å². The van der Waals surface area contributed by atoms with Gasteiger partial charge in [-0.2, -0.15) is 0 Å².